The Morgan fingerprint density at radius 3 is 2.24 bits per heavy atom. The number of piperidine rings is 1. The molecule has 11 heteroatoms. The molecule has 2 saturated heterocycles. The Hall–Kier alpha value is -3.44. The van der Waals surface area contributed by atoms with Gasteiger partial charge < -0.3 is 20.0 Å². The predicted octanol–water partition coefficient (Wildman–Crippen LogP) is 2.64. The number of carbonyl (C=O) groups is 3. The van der Waals surface area contributed by atoms with Crippen molar-refractivity contribution in [3.8, 4) is 0 Å². The van der Waals surface area contributed by atoms with Crippen LogP contribution in [0, 0.1) is 0 Å². The fourth-order valence-corrected chi connectivity index (χ4v) is 6.75. The van der Waals surface area contributed by atoms with Crippen LogP contribution in [0.5, 0.6) is 0 Å². The van der Waals surface area contributed by atoms with Crippen molar-refractivity contribution < 1.29 is 22.8 Å². The molecule has 2 aromatic rings. The summed E-state index contributed by atoms with van der Waals surface area (Å²) in [6, 6.07) is 17.7. The summed E-state index contributed by atoms with van der Waals surface area (Å²) in [5.41, 5.74) is 1.98. The molecule has 3 aliphatic rings. The van der Waals surface area contributed by atoms with Crippen molar-refractivity contribution in [2.24, 2.45) is 0 Å². The van der Waals surface area contributed by atoms with Gasteiger partial charge in [-0.1, -0.05) is 49.6 Å². The molecular weight excluding hydrogens is 542 g/mol. The minimum atomic E-state index is -3.45. The van der Waals surface area contributed by atoms with Gasteiger partial charge in [0.05, 0.1) is 19.6 Å². The molecule has 1 saturated carbocycles. The predicted molar refractivity (Wildman–Crippen MR) is 157 cm³/mol. The first-order valence-electron chi connectivity index (χ1n) is 14.4. The van der Waals surface area contributed by atoms with E-state index in [0.29, 0.717) is 37.4 Å². The summed E-state index contributed by atoms with van der Waals surface area (Å²) in [6.45, 7) is 0.650. The van der Waals surface area contributed by atoms with E-state index in [1.807, 2.05) is 52.3 Å². The normalized spacial score (nSPS) is 19.5. The zero-order valence-corrected chi connectivity index (χ0v) is 24.4. The third-order valence-corrected chi connectivity index (χ3v) is 9.32. The van der Waals surface area contributed by atoms with Crippen LogP contribution < -0.4 is 14.9 Å². The number of nitrogens with one attached hydrogen (secondary N) is 2. The van der Waals surface area contributed by atoms with E-state index in [0.717, 1.165) is 11.9 Å². The molecule has 0 unspecified atom stereocenters. The number of para-hydroxylation sites is 1. The number of carbonyl (C=O) groups excluding carboxylic acids is 3. The summed E-state index contributed by atoms with van der Waals surface area (Å²) in [7, 11) is -3.45. The molecule has 1 aliphatic carbocycles. The number of nitrogens with zero attached hydrogens (tertiary/aromatic N) is 3. The van der Waals surface area contributed by atoms with Crippen molar-refractivity contribution in [1.29, 1.82) is 0 Å². The van der Waals surface area contributed by atoms with Gasteiger partial charge in [0.25, 0.3) is 11.8 Å². The molecule has 220 valence electrons. The summed E-state index contributed by atoms with van der Waals surface area (Å²) >= 11 is 0. The zero-order chi connectivity index (χ0) is 29.0. The smallest absolute Gasteiger partial charge is 0.253 e. The van der Waals surface area contributed by atoms with Gasteiger partial charge in [0.15, 0.2) is 0 Å². The lowest BCUT2D eigenvalue weighted by atomic mass is 9.83. The van der Waals surface area contributed by atoms with E-state index < -0.39 is 21.5 Å². The minimum Gasteiger partial charge on any atom is -0.341 e. The number of likely N-dealkylation sites (tertiary alicyclic amines) is 1. The Labute approximate surface area is 242 Å². The molecule has 0 aromatic heterocycles. The van der Waals surface area contributed by atoms with Crippen molar-refractivity contribution >= 4 is 33.4 Å². The molecule has 2 heterocycles. The highest BCUT2D eigenvalue weighted by atomic mass is 32.2. The molecule has 5 rings (SSSR count). The van der Waals surface area contributed by atoms with Crippen LogP contribution in [0.3, 0.4) is 0 Å². The first-order chi connectivity index (χ1) is 19.7. The van der Waals surface area contributed by atoms with Gasteiger partial charge in [-0.05, 0) is 61.4 Å². The van der Waals surface area contributed by atoms with Gasteiger partial charge in [0.1, 0.15) is 12.1 Å². The second-order valence-electron chi connectivity index (χ2n) is 11.4. The summed E-state index contributed by atoms with van der Waals surface area (Å²) in [6.07, 6.45) is 8.16. The maximum absolute atomic E-state index is 13.9. The summed E-state index contributed by atoms with van der Waals surface area (Å²) in [5, 5.41) is 2.50. The quantitative estimate of drug-likeness (QED) is 0.463. The van der Waals surface area contributed by atoms with Crippen molar-refractivity contribution in [2.45, 2.75) is 56.4 Å². The second kappa shape index (κ2) is 12.2. The number of rotatable bonds is 8. The Morgan fingerprint density at radius 1 is 0.951 bits per heavy atom. The van der Waals surface area contributed by atoms with Gasteiger partial charge in [-0.25, -0.2) is 8.42 Å². The van der Waals surface area contributed by atoms with Crippen molar-refractivity contribution in [2.75, 3.05) is 44.1 Å². The van der Waals surface area contributed by atoms with Gasteiger partial charge in [-0.3, -0.25) is 14.4 Å². The van der Waals surface area contributed by atoms with Crippen molar-refractivity contribution in [3.63, 3.8) is 0 Å². The van der Waals surface area contributed by atoms with E-state index in [1.165, 1.54) is 42.6 Å². The standard InChI is InChI=1S/C30H39N5O5S/c1-41(39,40)32-21-31-27(36)20-34-22-35(26-10-6-3-7-11-26)30(29(34)38)16-18-33(19-17-30)28(37)25-14-12-24(13-15-25)23-8-4-2-5-9-23/h3,6-7,10-15,23,32H,2,4-5,8-9,16-22H2,1H3,(H,31,36). The molecule has 1 spiro atoms. The van der Waals surface area contributed by atoms with Gasteiger partial charge in [0.2, 0.25) is 15.9 Å². The van der Waals surface area contributed by atoms with Crippen LogP contribution in [0.1, 0.15) is 66.8 Å². The van der Waals surface area contributed by atoms with E-state index in [9.17, 15) is 22.8 Å². The highest BCUT2D eigenvalue weighted by molar-refractivity contribution is 7.88. The van der Waals surface area contributed by atoms with Crippen LogP contribution in [0.4, 0.5) is 5.69 Å². The van der Waals surface area contributed by atoms with E-state index in [4.69, 9.17) is 0 Å². The molecular formula is C30H39N5O5S. The molecule has 10 nitrogen and oxygen atoms in total. The maximum Gasteiger partial charge on any atom is 0.253 e. The lowest BCUT2D eigenvalue weighted by Gasteiger charge is -2.43. The van der Waals surface area contributed by atoms with Gasteiger partial charge in [-0.15, -0.1) is 0 Å². The molecule has 0 bridgehead atoms. The monoisotopic (exact) mass is 581 g/mol. The SMILES string of the molecule is CS(=O)(=O)NCNC(=O)CN1CN(c2ccccc2)C2(CCN(C(=O)c3ccc(C4CCCCC4)cc3)CC2)C1=O. The van der Waals surface area contributed by atoms with E-state index in [1.54, 1.807) is 0 Å². The van der Waals surface area contributed by atoms with Crippen LogP contribution in [0.15, 0.2) is 54.6 Å². The highest BCUT2D eigenvalue weighted by Crippen LogP contribution is 2.40. The van der Waals surface area contributed by atoms with Crippen LogP contribution in [0.25, 0.3) is 0 Å². The molecule has 0 radical (unpaired) electrons. The number of sulfonamides is 1. The zero-order valence-electron chi connectivity index (χ0n) is 23.5. The van der Waals surface area contributed by atoms with Gasteiger partial charge in [0, 0.05) is 24.3 Å². The molecule has 3 fully saturated rings. The molecule has 41 heavy (non-hydrogen) atoms. The summed E-state index contributed by atoms with van der Waals surface area (Å²) < 4.78 is 24.8. The van der Waals surface area contributed by atoms with E-state index in [2.05, 4.69) is 22.2 Å². The third kappa shape index (κ3) is 6.56. The van der Waals surface area contributed by atoms with Gasteiger partial charge in [-0.2, -0.15) is 4.72 Å². The lowest BCUT2D eigenvalue weighted by molar-refractivity contribution is -0.137. The Kier molecular flexibility index (Phi) is 8.65. The maximum atomic E-state index is 13.9. The molecule has 3 amide bonds. The average Bonchev–Trinajstić information content (AvgIpc) is 3.23. The summed E-state index contributed by atoms with van der Waals surface area (Å²) in [5.74, 6) is -0.0530. The number of hydrogen-bond donors (Lipinski definition) is 2. The first-order valence-corrected chi connectivity index (χ1v) is 16.3. The van der Waals surface area contributed by atoms with Crippen molar-refractivity contribution in [1.82, 2.24) is 19.8 Å². The van der Waals surface area contributed by atoms with Crippen LogP contribution in [-0.2, 0) is 19.6 Å². The Morgan fingerprint density at radius 2 is 1.61 bits per heavy atom. The Balaban J connectivity index is 1.26. The fourth-order valence-electron chi connectivity index (χ4n) is 6.41. The van der Waals surface area contributed by atoms with E-state index in [-0.39, 0.29) is 31.7 Å². The number of anilines is 1. The number of hydrogen-bond acceptors (Lipinski definition) is 6. The second-order valence-corrected chi connectivity index (χ2v) is 13.2. The summed E-state index contributed by atoms with van der Waals surface area (Å²) in [4.78, 5) is 45.2. The molecule has 2 aliphatic heterocycles. The van der Waals surface area contributed by atoms with Crippen LogP contribution in [-0.4, -0.2) is 80.7 Å². The highest BCUT2D eigenvalue weighted by Gasteiger charge is 2.54. The third-order valence-electron chi connectivity index (χ3n) is 8.65. The van der Waals surface area contributed by atoms with E-state index >= 15 is 0 Å². The first kappa shape index (κ1) is 29.1. The van der Waals surface area contributed by atoms with Crippen LogP contribution >= 0.6 is 0 Å². The van der Waals surface area contributed by atoms with Crippen molar-refractivity contribution in [3.05, 3.63) is 65.7 Å². The number of amides is 3. The average molecular weight is 582 g/mol. The topological polar surface area (TPSA) is 119 Å². The molecule has 2 aromatic carbocycles. The lowest BCUT2D eigenvalue weighted by Crippen LogP contribution is -2.57. The minimum absolute atomic E-state index is 0.0265. The number of benzene rings is 2. The Bertz CT molecular complexity index is 1350. The molecule has 2 N–H and O–H groups in total. The van der Waals surface area contributed by atoms with Gasteiger partial charge >= 0.3 is 0 Å². The molecule has 0 atom stereocenters. The largest absolute Gasteiger partial charge is 0.341 e. The fraction of sp³-hybridized carbons (Fsp3) is 0.500. The van der Waals surface area contributed by atoms with Crippen LogP contribution in [0.2, 0.25) is 0 Å².